The van der Waals surface area contributed by atoms with Crippen molar-refractivity contribution < 1.29 is 58.2 Å². The molecule has 0 aliphatic carbocycles. The Morgan fingerprint density at radius 1 is 0.456 bits per heavy atom. The fourth-order valence-electron chi connectivity index (χ4n) is 13.0. The molecule has 0 radical (unpaired) electrons. The van der Waals surface area contributed by atoms with Crippen LogP contribution in [0.3, 0.4) is 0 Å². The van der Waals surface area contributed by atoms with Crippen LogP contribution in [0.15, 0.2) is 132 Å². The average Bonchev–Trinajstić information content (AvgIpc) is 1.97. The van der Waals surface area contributed by atoms with E-state index in [1.54, 1.807) is 51.1 Å². The van der Waals surface area contributed by atoms with E-state index in [1.807, 2.05) is 23.1 Å². The Morgan fingerprint density at radius 2 is 0.811 bits per heavy atom. The van der Waals surface area contributed by atoms with Crippen molar-refractivity contribution >= 4 is 45.5 Å². The third-order valence-corrected chi connectivity index (χ3v) is 18.2. The summed E-state index contributed by atoms with van der Waals surface area (Å²) in [5, 5.41) is 32.1. The SMILES string of the molecule is COC(=O)c1ccc2c(c1)OCCN(C[C@H](O)CN1CCc3ccccc3C1)C2=O.O=C(c1ccc2c(c1)OCCN(C[C@H](O)CN1CCc3ccccc3C1)C2=O)N1CCCC1.O=C1c2ccc(Br)cc2OCCN1C[C@H](O)CN1CCc2ccccc2C1. The number of likely N-dealkylation sites (tertiary alicyclic amines) is 1. The van der Waals surface area contributed by atoms with Crippen LogP contribution < -0.4 is 14.2 Å². The molecule has 0 spiro atoms. The van der Waals surface area contributed by atoms with Crippen LogP contribution in [0.4, 0.5) is 0 Å². The summed E-state index contributed by atoms with van der Waals surface area (Å²) in [4.78, 5) is 77.0. The normalized spacial score (nSPS) is 18.4. The topological polar surface area (TPSA) is 206 Å². The van der Waals surface area contributed by atoms with Gasteiger partial charge < -0.3 is 53.9 Å². The highest BCUT2D eigenvalue weighted by atomic mass is 79.9. The molecule has 6 aromatic rings. The van der Waals surface area contributed by atoms with Crippen molar-refractivity contribution in [1.82, 2.24) is 34.3 Å². The third-order valence-electron chi connectivity index (χ3n) is 17.7. The second-order valence-corrected chi connectivity index (χ2v) is 25.0. The first-order valence-electron chi connectivity index (χ1n) is 31.4. The quantitative estimate of drug-likeness (QED) is 0.0983. The zero-order chi connectivity index (χ0) is 62.7. The number of aliphatic hydroxyl groups is 3. The lowest BCUT2D eigenvalue weighted by molar-refractivity contribution is 0.0500. The van der Waals surface area contributed by atoms with Gasteiger partial charge in [-0.05, 0) is 120 Å². The van der Waals surface area contributed by atoms with E-state index in [0.29, 0.717) is 111 Å². The van der Waals surface area contributed by atoms with E-state index < -0.39 is 24.3 Å². The first kappa shape index (κ1) is 63.9. The molecule has 4 amide bonds. The number of rotatable bonds is 14. The van der Waals surface area contributed by atoms with Crippen molar-refractivity contribution in [2.45, 2.75) is 70.1 Å². The molecule has 20 heteroatoms. The number of ether oxygens (including phenoxy) is 4. The predicted molar refractivity (Wildman–Crippen MR) is 342 cm³/mol. The summed E-state index contributed by atoms with van der Waals surface area (Å²) in [6, 6.07) is 40.5. The number of hydrogen-bond acceptors (Lipinski definition) is 15. The summed E-state index contributed by atoms with van der Waals surface area (Å²) in [7, 11) is 1.31. The Labute approximate surface area is 534 Å². The number of aliphatic hydroxyl groups excluding tert-OH is 3. The molecule has 3 atom stereocenters. The number of benzene rings is 6. The average molecular weight is 1290 g/mol. The number of esters is 1. The summed E-state index contributed by atoms with van der Waals surface area (Å²) < 4.78 is 22.9. The van der Waals surface area contributed by atoms with Gasteiger partial charge in [0.05, 0.1) is 67.3 Å². The van der Waals surface area contributed by atoms with Crippen molar-refractivity contribution in [3.8, 4) is 17.2 Å². The van der Waals surface area contributed by atoms with Gasteiger partial charge in [-0.25, -0.2) is 4.79 Å². The van der Waals surface area contributed by atoms with Crippen LogP contribution in [-0.2, 0) is 43.6 Å². The Bertz CT molecular complexity index is 3550. The van der Waals surface area contributed by atoms with Gasteiger partial charge in [-0.15, -0.1) is 0 Å². The first-order valence-corrected chi connectivity index (χ1v) is 32.2. The minimum atomic E-state index is -0.657. The number of nitrogens with zero attached hydrogens (tertiary/aromatic N) is 7. The fourth-order valence-corrected chi connectivity index (χ4v) is 13.3. The summed E-state index contributed by atoms with van der Waals surface area (Å²) in [6.07, 6.45) is 3.13. The molecule has 7 aliphatic rings. The van der Waals surface area contributed by atoms with E-state index in [1.165, 1.54) is 46.6 Å². The number of β-amino-alcohol motifs (C(OH)–C–C–N with tert-alkyl or cyclic N) is 3. The summed E-state index contributed by atoms with van der Waals surface area (Å²) in [5.74, 6) is 0.478. The third kappa shape index (κ3) is 15.9. The molecule has 6 aromatic carbocycles. The molecule has 3 N–H and O–H groups in total. The summed E-state index contributed by atoms with van der Waals surface area (Å²) in [6.45, 7) is 11.5. The molecular weight excluding hydrogens is 1210 g/mol. The van der Waals surface area contributed by atoms with Gasteiger partial charge in [-0.2, -0.15) is 0 Å². The van der Waals surface area contributed by atoms with Crippen molar-refractivity contribution in [2.75, 3.05) is 119 Å². The van der Waals surface area contributed by atoms with Gasteiger partial charge in [-0.1, -0.05) is 88.7 Å². The van der Waals surface area contributed by atoms with Crippen molar-refractivity contribution in [3.05, 3.63) is 193 Å². The number of hydrogen-bond donors (Lipinski definition) is 3. The molecule has 1 fully saturated rings. The Hall–Kier alpha value is -7.69. The molecule has 19 nitrogen and oxygen atoms in total. The molecule has 0 unspecified atom stereocenters. The molecule has 7 heterocycles. The second-order valence-electron chi connectivity index (χ2n) is 24.1. The van der Waals surface area contributed by atoms with Gasteiger partial charge in [0.1, 0.15) is 37.1 Å². The van der Waals surface area contributed by atoms with E-state index >= 15 is 0 Å². The lowest BCUT2D eigenvalue weighted by Gasteiger charge is -2.32. The van der Waals surface area contributed by atoms with Gasteiger partial charge in [0, 0.05) is 102 Å². The highest BCUT2D eigenvalue weighted by Crippen LogP contribution is 2.31. The van der Waals surface area contributed by atoms with Crippen LogP contribution in [0, 0.1) is 0 Å². The van der Waals surface area contributed by atoms with Crippen LogP contribution in [0.1, 0.15) is 98.0 Å². The van der Waals surface area contributed by atoms with Crippen LogP contribution in [0.25, 0.3) is 0 Å². The smallest absolute Gasteiger partial charge is 0.337 e. The van der Waals surface area contributed by atoms with Gasteiger partial charge in [0.15, 0.2) is 0 Å². The predicted octanol–water partition coefficient (Wildman–Crippen LogP) is 6.61. The van der Waals surface area contributed by atoms with Gasteiger partial charge in [0.25, 0.3) is 23.6 Å². The van der Waals surface area contributed by atoms with Crippen LogP contribution >= 0.6 is 15.9 Å². The second kappa shape index (κ2) is 30.0. The minimum absolute atomic E-state index is 0.00835. The van der Waals surface area contributed by atoms with Gasteiger partial charge in [-0.3, -0.25) is 33.9 Å². The number of carbonyl (C=O) groups excluding carboxylic acids is 5. The van der Waals surface area contributed by atoms with E-state index in [2.05, 4.69) is 97.4 Å². The monoisotopic (exact) mass is 1290 g/mol. The highest BCUT2D eigenvalue weighted by molar-refractivity contribution is 9.10. The van der Waals surface area contributed by atoms with E-state index in [-0.39, 0.29) is 36.7 Å². The maximum absolute atomic E-state index is 13.2. The number of methoxy groups -OCH3 is 1. The van der Waals surface area contributed by atoms with Crippen LogP contribution in [-0.4, -0.2) is 216 Å². The zero-order valence-corrected chi connectivity index (χ0v) is 52.6. The lowest BCUT2D eigenvalue weighted by Crippen LogP contribution is -2.44. The number of fused-ring (bicyclic) bond motifs is 6. The maximum atomic E-state index is 13.2. The zero-order valence-electron chi connectivity index (χ0n) is 51.1. The van der Waals surface area contributed by atoms with Gasteiger partial charge >= 0.3 is 5.97 Å². The molecule has 0 saturated carbocycles. The molecule has 0 bridgehead atoms. The van der Waals surface area contributed by atoms with E-state index in [9.17, 15) is 39.3 Å². The van der Waals surface area contributed by atoms with Crippen molar-refractivity contribution in [2.24, 2.45) is 0 Å². The largest absolute Gasteiger partial charge is 0.491 e. The fraction of sp³-hybridized carbons (Fsp3) is 0.414. The molecular formula is C70H80BrN7O12. The van der Waals surface area contributed by atoms with Gasteiger partial charge in [0.2, 0.25) is 0 Å². The Kier molecular flexibility index (Phi) is 21.3. The van der Waals surface area contributed by atoms with E-state index in [4.69, 9.17) is 18.9 Å². The number of carbonyl (C=O) groups is 5. The first-order chi connectivity index (χ1) is 43.7. The molecule has 13 rings (SSSR count). The van der Waals surface area contributed by atoms with Crippen LogP contribution in [0.5, 0.6) is 17.2 Å². The highest BCUT2D eigenvalue weighted by Gasteiger charge is 2.32. The lowest BCUT2D eigenvalue weighted by atomic mass is 10.00. The Morgan fingerprint density at radius 3 is 1.21 bits per heavy atom. The maximum Gasteiger partial charge on any atom is 0.337 e. The summed E-state index contributed by atoms with van der Waals surface area (Å²) in [5.41, 5.74) is 10.4. The van der Waals surface area contributed by atoms with Crippen molar-refractivity contribution in [1.29, 1.82) is 0 Å². The number of amides is 4. The molecule has 1 saturated heterocycles. The molecule has 474 valence electrons. The van der Waals surface area contributed by atoms with Crippen LogP contribution in [0.2, 0.25) is 0 Å². The standard InChI is InChI=1S/C26H31N3O4.C23H26N2O5.C21H23BrN2O3/c30-22(17-27-12-9-19-5-1-2-6-21(19)16-27)18-29-13-14-33-24-15-20(7-8-23(24)26(29)32)25(31)28-10-3-4-11-28;1-29-23(28)17-6-7-20-21(12-17)30-11-10-25(22(20)27)15-19(26)14-24-9-8-16-4-2-3-5-18(16)13-24;22-17-5-6-19-20(11-17)27-10-9-24(21(19)26)14-18(25)13-23-8-7-15-3-1-2-4-16(15)12-23/h1-2,5-8,15,22,30H,3-4,9-14,16-18H2;2-7,12,19,26H,8-11,13-15H2,1H3;1-6,11,18,25H,7-10,12-14H2/t22-;19-;18-/m111/s1. The molecule has 0 aromatic heterocycles. The van der Waals surface area contributed by atoms with Crippen molar-refractivity contribution in [3.63, 3.8) is 0 Å². The Balaban J connectivity index is 0.000000140. The minimum Gasteiger partial charge on any atom is -0.491 e. The number of halogens is 1. The molecule has 7 aliphatic heterocycles. The summed E-state index contributed by atoms with van der Waals surface area (Å²) >= 11 is 3.41. The van der Waals surface area contributed by atoms with E-state index in [0.717, 1.165) is 88.9 Å². The molecule has 90 heavy (non-hydrogen) atoms.